The van der Waals surface area contributed by atoms with Crippen LogP contribution in [0.15, 0.2) is 27.5 Å². The Morgan fingerprint density at radius 3 is 2.79 bits per heavy atom. The van der Waals surface area contributed by atoms with Crippen LogP contribution in [0.1, 0.15) is 0 Å². The Balaban J connectivity index is 2.90. The average molecular weight is 233 g/mol. The molecule has 0 aliphatic rings. The molecule has 0 unspecified atom stereocenters. The Kier molecular flexibility index (Phi) is 1.99. The number of halogens is 1. The minimum Gasteiger partial charge on any atom is -0.428 e. The van der Waals surface area contributed by atoms with Crippen molar-refractivity contribution in [3.8, 4) is 0 Å². The van der Waals surface area contributed by atoms with E-state index >= 15 is 0 Å². The van der Waals surface area contributed by atoms with Crippen molar-refractivity contribution in [1.82, 2.24) is 4.98 Å². The van der Waals surface area contributed by atoms with Gasteiger partial charge in [-0.25, -0.2) is 13.6 Å². The van der Waals surface area contributed by atoms with E-state index in [0.29, 0.717) is 5.58 Å². The lowest BCUT2D eigenvalue weighted by Gasteiger charge is -1.96. The van der Waals surface area contributed by atoms with Crippen LogP contribution in [0.2, 0.25) is 5.35 Å². The highest BCUT2D eigenvalue weighted by Crippen LogP contribution is 2.24. The Hall–Kier alpha value is -1.11. The van der Waals surface area contributed by atoms with Gasteiger partial charge in [0.25, 0.3) is 5.35 Å². The number of primary sulfonamides is 1. The molecule has 2 aromatic rings. The Morgan fingerprint density at radius 2 is 2.14 bits per heavy atom. The lowest BCUT2D eigenvalue weighted by atomic mass is 10.3. The van der Waals surface area contributed by atoms with Gasteiger partial charge in [0.15, 0.2) is 5.58 Å². The van der Waals surface area contributed by atoms with Crippen LogP contribution in [0.5, 0.6) is 0 Å². The first-order valence-corrected chi connectivity index (χ1v) is 5.49. The molecule has 0 aliphatic heterocycles. The molecule has 7 heteroatoms. The summed E-state index contributed by atoms with van der Waals surface area (Å²) in [5.74, 6) is 0. The van der Waals surface area contributed by atoms with E-state index in [9.17, 15) is 8.42 Å². The molecule has 0 amide bonds. The highest BCUT2D eigenvalue weighted by molar-refractivity contribution is 7.89. The van der Waals surface area contributed by atoms with Gasteiger partial charge in [0.05, 0.1) is 0 Å². The summed E-state index contributed by atoms with van der Waals surface area (Å²) in [6, 6.07) is 4.41. The Morgan fingerprint density at radius 1 is 1.43 bits per heavy atom. The number of rotatable bonds is 1. The second kappa shape index (κ2) is 2.94. The van der Waals surface area contributed by atoms with Crippen molar-refractivity contribution in [1.29, 1.82) is 0 Å². The van der Waals surface area contributed by atoms with Gasteiger partial charge in [0.1, 0.15) is 10.4 Å². The first-order chi connectivity index (χ1) is 6.48. The second-order valence-electron chi connectivity index (χ2n) is 2.61. The normalized spacial score (nSPS) is 12.1. The monoisotopic (exact) mass is 232 g/mol. The molecule has 0 saturated heterocycles. The summed E-state index contributed by atoms with van der Waals surface area (Å²) in [6.45, 7) is 0. The standard InChI is InChI=1S/C7H5ClN2O3S/c8-7-10-6-4(13-7)2-1-3-5(6)14(9,11)12/h1-3H,(H2,9,11,12). The van der Waals surface area contributed by atoms with E-state index in [0.717, 1.165) is 0 Å². The fourth-order valence-electron chi connectivity index (χ4n) is 1.13. The van der Waals surface area contributed by atoms with E-state index in [1.165, 1.54) is 12.1 Å². The third-order valence-electron chi connectivity index (χ3n) is 1.66. The molecule has 0 spiro atoms. The molecule has 0 radical (unpaired) electrons. The smallest absolute Gasteiger partial charge is 0.293 e. The van der Waals surface area contributed by atoms with E-state index in [-0.39, 0.29) is 15.8 Å². The Bertz CT molecular complexity index is 590. The zero-order valence-corrected chi connectivity index (χ0v) is 8.34. The second-order valence-corrected chi connectivity index (χ2v) is 4.47. The maximum absolute atomic E-state index is 11.1. The molecule has 2 rings (SSSR count). The van der Waals surface area contributed by atoms with Crippen LogP contribution in [-0.2, 0) is 10.0 Å². The summed E-state index contributed by atoms with van der Waals surface area (Å²) in [4.78, 5) is 3.63. The zero-order valence-electron chi connectivity index (χ0n) is 6.77. The summed E-state index contributed by atoms with van der Waals surface area (Å²) in [6.07, 6.45) is 0. The number of fused-ring (bicyclic) bond motifs is 1. The van der Waals surface area contributed by atoms with Crippen molar-refractivity contribution >= 4 is 32.7 Å². The Labute approximate surface area is 84.5 Å². The predicted octanol–water partition coefficient (Wildman–Crippen LogP) is 1.13. The van der Waals surface area contributed by atoms with Gasteiger partial charge in [-0.05, 0) is 23.7 Å². The van der Waals surface area contributed by atoms with Gasteiger partial charge in [0, 0.05) is 0 Å². The van der Waals surface area contributed by atoms with Crippen LogP contribution in [-0.4, -0.2) is 13.4 Å². The van der Waals surface area contributed by atoms with Crippen molar-refractivity contribution in [3.05, 3.63) is 23.5 Å². The molecule has 0 fully saturated rings. The van der Waals surface area contributed by atoms with E-state index < -0.39 is 10.0 Å². The molecule has 5 nitrogen and oxygen atoms in total. The molecule has 0 saturated carbocycles. The number of oxazole rings is 1. The van der Waals surface area contributed by atoms with Gasteiger partial charge < -0.3 is 4.42 Å². The fraction of sp³-hybridized carbons (Fsp3) is 0. The van der Waals surface area contributed by atoms with Crippen LogP contribution in [0.4, 0.5) is 0 Å². The van der Waals surface area contributed by atoms with Crippen LogP contribution in [0.3, 0.4) is 0 Å². The molecule has 1 aromatic carbocycles. The van der Waals surface area contributed by atoms with Gasteiger partial charge in [-0.2, -0.15) is 4.98 Å². The summed E-state index contributed by atoms with van der Waals surface area (Å²) in [7, 11) is -3.80. The molecule has 1 heterocycles. The SMILES string of the molecule is NS(=O)(=O)c1cccc2oc(Cl)nc12. The molecule has 0 bridgehead atoms. The van der Waals surface area contributed by atoms with Crippen LogP contribution >= 0.6 is 11.6 Å². The first-order valence-electron chi connectivity index (χ1n) is 3.56. The maximum Gasteiger partial charge on any atom is 0.293 e. The largest absolute Gasteiger partial charge is 0.428 e. The molecular weight excluding hydrogens is 228 g/mol. The highest BCUT2D eigenvalue weighted by Gasteiger charge is 2.16. The summed E-state index contributed by atoms with van der Waals surface area (Å²) in [5.41, 5.74) is 0.446. The van der Waals surface area contributed by atoms with E-state index in [4.69, 9.17) is 21.2 Å². The van der Waals surface area contributed by atoms with Crippen molar-refractivity contribution in [2.75, 3.05) is 0 Å². The number of para-hydroxylation sites is 1. The van der Waals surface area contributed by atoms with E-state index in [2.05, 4.69) is 4.98 Å². The topological polar surface area (TPSA) is 86.2 Å². The van der Waals surface area contributed by atoms with Gasteiger partial charge in [-0.3, -0.25) is 0 Å². The fourth-order valence-corrected chi connectivity index (χ4v) is 1.98. The number of benzene rings is 1. The summed E-state index contributed by atoms with van der Waals surface area (Å²) in [5, 5.41) is 4.86. The van der Waals surface area contributed by atoms with Gasteiger partial charge in [-0.15, -0.1) is 0 Å². The lowest BCUT2D eigenvalue weighted by Crippen LogP contribution is -2.12. The molecule has 74 valence electrons. The molecule has 1 aromatic heterocycles. The number of aromatic nitrogens is 1. The molecule has 14 heavy (non-hydrogen) atoms. The van der Waals surface area contributed by atoms with Crippen LogP contribution in [0, 0.1) is 0 Å². The summed E-state index contributed by atoms with van der Waals surface area (Å²) >= 11 is 5.49. The quantitative estimate of drug-likeness (QED) is 0.799. The summed E-state index contributed by atoms with van der Waals surface area (Å²) < 4.78 is 27.2. The zero-order chi connectivity index (χ0) is 10.3. The van der Waals surface area contributed by atoms with E-state index in [1.54, 1.807) is 6.07 Å². The van der Waals surface area contributed by atoms with Crippen molar-refractivity contribution in [3.63, 3.8) is 0 Å². The average Bonchev–Trinajstić information content (AvgIpc) is 2.41. The van der Waals surface area contributed by atoms with Crippen LogP contribution < -0.4 is 5.14 Å². The van der Waals surface area contributed by atoms with Crippen molar-refractivity contribution in [2.45, 2.75) is 4.90 Å². The predicted molar refractivity (Wildman–Crippen MR) is 50.4 cm³/mol. The van der Waals surface area contributed by atoms with Gasteiger partial charge in [0.2, 0.25) is 10.0 Å². The lowest BCUT2D eigenvalue weighted by molar-refractivity contribution is 0.597. The molecule has 0 aliphatic carbocycles. The van der Waals surface area contributed by atoms with E-state index in [1.807, 2.05) is 0 Å². The minimum atomic E-state index is -3.80. The third-order valence-corrected chi connectivity index (χ3v) is 2.77. The third kappa shape index (κ3) is 1.47. The highest BCUT2D eigenvalue weighted by atomic mass is 35.5. The molecule has 0 atom stereocenters. The molecular formula is C7H5ClN2O3S. The number of nitrogens with two attached hydrogens (primary N) is 1. The first kappa shape index (κ1) is 9.45. The number of nitrogens with zero attached hydrogens (tertiary/aromatic N) is 1. The molecule has 2 N–H and O–H groups in total. The minimum absolute atomic E-state index is 0.0920. The maximum atomic E-state index is 11.1. The van der Waals surface area contributed by atoms with Crippen molar-refractivity contribution in [2.24, 2.45) is 5.14 Å². The van der Waals surface area contributed by atoms with Crippen LogP contribution in [0.25, 0.3) is 11.1 Å². The van der Waals surface area contributed by atoms with Gasteiger partial charge in [-0.1, -0.05) is 6.07 Å². The number of hydrogen-bond acceptors (Lipinski definition) is 4. The van der Waals surface area contributed by atoms with Gasteiger partial charge >= 0.3 is 0 Å². The number of hydrogen-bond donors (Lipinski definition) is 1. The number of sulfonamides is 1. The van der Waals surface area contributed by atoms with Crippen molar-refractivity contribution < 1.29 is 12.8 Å².